The number of halogens is 1. The first-order chi connectivity index (χ1) is 20.4. The molecule has 2 fully saturated rings. The van der Waals surface area contributed by atoms with Gasteiger partial charge in [-0.15, -0.1) is 0 Å². The first-order valence-electron chi connectivity index (χ1n) is 15.8. The molecule has 2 aliphatic heterocycles. The summed E-state index contributed by atoms with van der Waals surface area (Å²) < 4.78 is 12.7. The average molecular weight is 613 g/mol. The molecule has 1 aliphatic carbocycles. The van der Waals surface area contributed by atoms with Crippen LogP contribution in [0.25, 0.3) is 11.0 Å². The molecule has 10 heteroatoms. The Bertz CT molecular complexity index is 1360. The molecule has 5 rings (SSSR count). The SMILES string of the molecule is CC[C@@H]1[C@@H]2CN(C(=O)[C@H](C(C)(C)C)NC(=O)O[C@]3(C)CCC[C@H]3CCCCCc3nc4ccc(Cl)cc4nc3O2)[C@@H]1C=O. The highest BCUT2D eigenvalue weighted by atomic mass is 35.5. The first kappa shape index (κ1) is 31.5. The highest BCUT2D eigenvalue weighted by Gasteiger charge is 2.49. The van der Waals surface area contributed by atoms with Crippen molar-refractivity contribution in [2.45, 2.75) is 116 Å². The number of hydrogen-bond donors (Lipinski definition) is 1. The highest BCUT2D eigenvalue weighted by Crippen LogP contribution is 2.42. The van der Waals surface area contributed by atoms with E-state index in [1.54, 1.807) is 17.0 Å². The van der Waals surface area contributed by atoms with Gasteiger partial charge in [0.25, 0.3) is 0 Å². The lowest BCUT2D eigenvalue weighted by molar-refractivity contribution is -0.139. The number of aryl methyl sites for hydroxylation is 1. The van der Waals surface area contributed by atoms with Crippen molar-refractivity contribution in [1.29, 1.82) is 0 Å². The first-order valence-corrected chi connectivity index (χ1v) is 16.2. The van der Waals surface area contributed by atoms with Gasteiger partial charge < -0.3 is 24.5 Å². The minimum Gasteiger partial charge on any atom is -0.471 e. The number of ether oxygens (including phenoxy) is 2. The summed E-state index contributed by atoms with van der Waals surface area (Å²) in [5.41, 5.74) is 0.946. The highest BCUT2D eigenvalue weighted by molar-refractivity contribution is 6.31. The van der Waals surface area contributed by atoms with Crippen molar-refractivity contribution in [3.8, 4) is 5.88 Å². The minimum atomic E-state index is -0.890. The molecular weight excluding hydrogens is 568 g/mol. The number of hydrogen-bond acceptors (Lipinski definition) is 7. The number of carbonyl (C=O) groups is 3. The van der Waals surface area contributed by atoms with Gasteiger partial charge in [0.2, 0.25) is 11.8 Å². The van der Waals surface area contributed by atoms with E-state index in [0.717, 1.165) is 62.4 Å². The number of nitrogens with zero attached hydrogens (tertiary/aromatic N) is 3. The summed E-state index contributed by atoms with van der Waals surface area (Å²) in [6.07, 6.45) is 7.78. The number of aromatic nitrogens is 2. The second-order valence-electron chi connectivity index (χ2n) is 13.8. The van der Waals surface area contributed by atoms with Gasteiger partial charge in [-0.2, -0.15) is 0 Å². The molecule has 1 saturated carbocycles. The zero-order valence-electron chi connectivity index (χ0n) is 26.0. The fourth-order valence-electron chi connectivity index (χ4n) is 7.22. The normalized spacial score (nSPS) is 30.8. The van der Waals surface area contributed by atoms with Crippen LogP contribution in [0, 0.1) is 17.3 Å². The van der Waals surface area contributed by atoms with Crippen molar-refractivity contribution in [3.63, 3.8) is 0 Å². The van der Waals surface area contributed by atoms with Crippen molar-refractivity contribution < 1.29 is 23.9 Å². The third-order valence-corrected chi connectivity index (χ3v) is 9.96. The molecule has 234 valence electrons. The summed E-state index contributed by atoms with van der Waals surface area (Å²) in [5.74, 6) is 0.112. The number of nitrogens with one attached hydrogen (secondary N) is 1. The van der Waals surface area contributed by atoms with Crippen molar-refractivity contribution in [2.75, 3.05) is 6.54 Å². The maximum Gasteiger partial charge on any atom is 0.408 e. The number of benzene rings is 1. The van der Waals surface area contributed by atoms with Crippen LogP contribution in [0.1, 0.15) is 91.7 Å². The molecule has 2 aromatic rings. The van der Waals surface area contributed by atoms with Crippen LogP contribution in [0.4, 0.5) is 4.79 Å². The number of fused-ring (bicyclic) bond motifs is 5. The molecule has 2 bridgehead atoms. The van der Waals surface area contributed by atoms with E-state index in [-0.39, 0.29) is 24.3 Å². The fourth-order valence-corrected chi connectivity index (χ4v) is 7.38. The molecule has 2 amide bonds. The van der Waals surface area contributed by atoms with Gasteiger partial charge in [-0.1, -0.05) is 52.1 Å². The Labute approximate surface area is 259 Å². The van der Waals surface area contributed by atoms with Crippen molar-refractivity contribution in [1.82, 2.24) is 20.2 Å². The maximum atomic E-state index is 14.2. The predicted octanol–water partition coefficient (Wildman–Crippen LogP) is 6.28. The molecule has 0 unspecified atom stereocenters. The van der Waals surface area contributed by atoms with E-state index in [0.29, 0.717) is 29.3 Å². The number of alkyl carbamates (subject to hydrolysis) is 1. The van der Waals surface area contributed by atoms with Gasteiger partial charge in [0.15, 0.2) is 0 Å². The Morgan fingerprint density at radius 3 is 2.60 bits per heavy atom. The molecule has 9 nitrogen and oxygen atoms in total. The predicted molar refractivity (Wildman–Crippen MR) is 165 cm³/mol. The third-order valence-electron chi connectivity index (χ3n) is 9.73. The van der Waals surface area contributed by atoms with Crippen LogP contribution < -0.4 is 10.1 Å². The monoisotopic (exact) mass is 612 g/mol. The maximum absolute atomic E-state index is 14.2. The Kier molecular flexibility index (Phi) is 9.21. The Morgan fingerprint density at radius 1 is 1.12 bits per heavy atom. The minimum absolute atomic E-state index is 0.193. The molecule has 0 radical (unpaired) electrons. The Morgan fingerprint density at radius 2 is 1.88 bits per heavy atom. The van der Waals surface area contributed by atoms with E-state index in [1.165, 1.54) is 0 Å². The lowest BCUT2D eigenvalue weighted by atomic mass is 9.85. The summed E-state index contributed by atoms with van der Waals surface area (Å²) in [5, 5.41) is 3.47. The lowest BCUT2D eigenvalue weighted by Gasteiger charge is -2.37. The number of amides is 2. The smallest absolute Gasteiger partial charge is 0.408 e. The van der Waals surface area contributed by atoms with E-state index < -0.39 is 35.3 Å². The fraction of sp³-hybridized carbons (Fsp3) is 0.667. The van der Waals surface area contributed by atoms with Crippen LogP contribution in [-0.4, -0.2) is 63.5 Å². The molecule has 1 N–H and O–H groups in total. The summed E-state index contributed by atoms with van der Waals surface area (Å²) in [6.45, 7) is 9.92. The van der Waals surface area contributed by atoms with Crippen molar-refractivity contribution in [3.05, 3.63) is 28.9 Å². The van der Waals surface area contributed by atoms with Gasteiger partial charge in [0, 0.05) is 10.9 Å². The van der Waals surface area contributed by atoms with Crippen LogP contribution in [0.15, 0.2) is 18.2 Å². The van der Waals surface area contributed by atoms with Gasteiger partial charge in [-0.05, 0) is 81.4 Å². The molecule has 3 aliphatic rings. The van der Waals surface area contributed by atoms with Crippen LogP contribution in [0.3, 0.4) is 0 Å². The molecule has 3 heterocycles. The molecule has 1 aromatic carbocycles. The number of rotatable bonds is 2. The van der Waals surface area contributed by atoms with E-state index in [4.69, 9.17) is 31.0 Å². The number of aldehydes is 1. The quantitative estimate of drug-likeness (QED) is 0.397. The molecule has 6 atom stereocenters. The van der Waals surface area contributed by atoms with Crippen LogP contribution >= 0.6 is 11.6 Å². The van der Waals surface area contributed by atoms with Crippen molar-refractivity contribution >= 4 is 40.9 Å². The second-order valence-corrected chi connectivity index (χ2v) is 14.2. The zero-order chi connectivity index (χ0) is 30.9. The van der Waals surface area contributed by atoms with Crippen LogP contribution in [0.5, 0.6) is 5.88 Å². The van der Waals surface area contributed by atoms with E-state index in [2.05, 4.69) is 5.32 Å². The van der Waals surface area contributed by atoms with Crippen LogP contribution in [-0.2, 0) is 20.7 Å². The van der Waals surface area contributed by atoms with E-state index in [9.17, 15) is 14.4 Å². The average Bonchev–Trinajstić information content (AvgIpc) is 3.49. The van der Waals surface area contributed by atoms with Crippen LogP contribution in [0.2, 0.25) is 5.02 Å². The Balaban J connectivity index is 1.53. The standard InChI is InChI=1S/C33H45ClN4O5/c1-6-22-26(19-39)38-18-27(22)42-29-24(35-23-15-14-21(34)17-25(23)36-29)13-9-7-8-11-20-12-10-16-33(20,5)43-31(41)37-28(30(38)40)32(2,3)4/h14-15,17,19-20,22,26-28H,6-13,16,18H2,1-5H3,(H,37,41)/t20-,22+,26-,27+,28-,33-/m1/s1. The van der Waals surface area contributed by atoms with E-state index in [1.807, 2.05) is 40.7 Å². The topological polar surface area (TPSA) is 111 Å². The van der Waals surface area contributed by atoms with E-state index >= 15 is 0 Å². The molecule has 1 saturated heterocycles. The van der Waals surface area contributed by atoms with Gasteiger partial charge in [-0.3, -0.25) is 4.79 Å². The van der Waals surface area contributed by atoms with Gasteiger partial charge in [0.1, 0.15) is 29.7 Å². The summed E-state index contributed by atoms with van der Waals surface area (Å²) in [4.78, 5) is 51.4. The van der Waals surface area contributed by atoms with Gasteiger partial charge in [-0.25, -0.2) is 14.8 Å². The summed E-state index contributed by atoms with van der Waals surface area (Å²) >= 11 is 6.28. The van der Waals surface area contributed by atoms with Gasteiger partial charge >= 0.3 is 6.09 Å². The third kappa shape index (κ3) is 6.61. The second kappa shape index (κ2) is 12.6. The molecule has 1 aromatic heterocycles. The Hall–Kier alpha value is -2.94. The summed E-state index contributed by atoms with van der Waals surface area (Å²) in [7, 11) is 0. The molecule has 43 heavy (non-hydrogen) atoms. The summed E-state index contributed by atoms with van der Waals surface area (Å²) in [6, 6.07) is 3.85. The molecule has 0 spiro atoms. The van der Waals surface area contributed by atoms with Gasteiger partial charge in [0.05, 0.1) is 23.6 Å². The van der Waals surface area contributed by atoms with Crippen molar-refractivity contribution in [2.24, 2.45) is 17.3 Å². The lowest BCUT2D eigenvalue weighted by Crippen LogP contribution is -2.57. The largest absolute Gasteiger partial charge is 0.471 e. The zero-order valence-corrected chi connectivity index (χ0v) is 26.8. The number of carbonyl (C=O) groups excluding carboxylic acids is 3. The molecular formula is C33H45ClN4O5.